The Balaban J connectivity index is 1.42. The van der Waals surface area contributed by atoms with Gasteiger partial charge in [-0.1, -0.05) is 41.7 Å². The van der Waals surface area contributed by atoms with Crippen LogP contribution in [0.4, 0.5) is 0 Å². The zero-order valence-electron chi connectivity index (χ0n) is 21.2. The number of benzene rings is 1. The molecule has 2 amide bonds. The first-order valence-electron chi connectivity index (χ1n) is 13.1. The third-order valence-electron chi connectivity index (χ3n) is 8.15. The lowest BCUT2D eigenvalue weighted by atomic mass is 9.74. The molecule has 0 bridgehead atoms. The van der Waals surface area contributed by atoms with E-state index in [1.165, 1.54) is 16.7 Å². The molecule has 1 aromatic heterocycles. The molecule has 0 aliphatic carbocycles. The Morgan fingerprint density at radius 2 is 1.95 bits per heavy atom. The van der Waals surface area contributed by atoms with Crippen LogP contribution in [0.3, 0.4) is 0 Å². The summed E-state index contributed by atoms with van der Waals surface area (Å²) in [6, 6.07) is 6.66. The molecular weight excluding hydrogens is 506 g/mol. The molecule has 0 radical (unpaired) electrons. The van der Waals surface area contributed by atoms with Crippen LogP contribution in [-0.4, -0.2) is 89.5 Å². The van der Waals surface area contributed by atoms with Crippen molar-refractivity contribution in [3.8, 4) is 0 Å². The van der Waals surface area contributed by atoms with E-state index in [1.54, 1.807) is 9.58 Å². The average molecular weight is 538 g/mol. The van der Waals surface area contributed by atoms with Gasteiger partial charge in [-0.2, -0.15) is 0 Å². The molecule has 5 atom stereocenters. The summed E-state index contributed by atoms with van der Waals surface area (Å²) in [5.41, 5.74) is 1.53. The Kier molecular flexibility index (Phi) is 6.30. The quantitative estimate of drug-likeness (QED) is 0.463. The van der Waals surface area contributed by atoms with Crippen molar-refractivity contribution >= 4 is 40.6 Å². The van der Waals surface area contributed by atoms with Crippen LogP contribution in [0, 0.1) is 11.8 Å². The molecule has 4 aliphatic heterocycles. The second kappa shape index (κ2) is 9.53. The average Bonchev–Trinajstić information content (AvgIpc) is 3.46. The van der Waals surface area contributed by atoms with Crippen molar-refractivity contribution in [2.75, 3.05) is 26.3 Å². The molecule has 1 spiro atoms. The summed E-state index contributed by atoms with van der Waals surface area (Å²) in [6.45, 7) is 2.49. The third-order valence-corrected chi connectivity index (χ3v) is 9.95. The SMILES string of the molecule is C[C@@]12/C=C\CCCCOC(=O)[C@@H]1[C@H]1C(=O)N(CCO)C3C(=O)N(Cn4nnc5ccccc54)CC=C[C@@]31S2. The number of hydrogen-bond donors (Lipinski definition) is 1. The maximum absolute atomic E-state index is 14.3. The van der Waals surface area contributed by atoms with Crippen molar-refractivity contribution < 1.29 is 24.2 Å². The van der Waals surface area contributed by atoms with Gasteiger partial charge in [0.05, 0.1) is 35.3 Å². The molecule has 1 N–H and O–H groups in total. The van der Waals surface area contributed by atoms with Gasteiger partial charge in [-0.25, -0.2) is 4.68 Å². The summed E-state index contributed by atoms with van der Waals surface area (Å²) in [7, 11) is 0. The summed E-state index contributed by atoms with van der Waals surface area (Å²) < 4.78 is 5.65. The van der Waals surface area contributed by atoms with Gasteiger partial charge in [0.1, 0.15) is 18.2 Å². The number of amides is 2. The van der Waals surface area contributed by atoms with E-state index >= 15 is 0 Å². The van der Waals surface area contributed by atoms with Crippen LogP contribution in [0.1, 0.15) is 26.2 Å². The third kappa shape index (κ3) is 3.78. The molecule has 2 fully saturated rings. The predicted octanol–water partition coefficient (Wildman–Crippen LogP) is 1.75. The van der Waals surface area contributed by atoms with Crippen molar-refractivity contribution in [1.29, 1.82) is 0 Å². The number of fused-ring (bicyclic) bond motifs is 3. The number of carbonyl (C=O) groups excluding carboxylic acids is 3. The Morgan fingerprint density at radius 3 is 2.79 bits per heavy atom. The highest BCUT2D eigenvalue weighted by Crippen LogP contribution is 2.65. The highest BCUT2D eigenvalue weighted by atomic mass is 32.2. The lowest BCUT2D eigenvalue weighted by Gasteiger charge is -2.36. The number of thioether (sulfide) groups is 1. The number of para-hydroxylation sites is 1. The van der Waals surface area contributed by atoms with E-state index in [-0.39, 0.29) is 31.6 Å². The number of aliphatic hydroxyl groups is 1. The number of esters is 1. The normalized spacial score (nSPS) is 34.1. The molecule has 0 saturated carbocycles. The summed E-state index contributed by atoms with van der Waals surface area (Å²) in [4.78, 5) is 44.9. The van der Waals surface area contributed by atoms with Gasteiger partial charge in [0.2, 0.25) is 11.8 Å². The molecular formula is C27H31N5O5S. The van der Waals surface area contributed by atoms with Gasteiger partial charge < -0.3 is 19.6 Å². The summed E-state index contributed by atoms with van der Waals surface area (Å²) in [6.07, 6.45) is 10.5. The number of β-amino-alcohol motifs (C(OH)–C–C–N with tert-alkyl or cyclic N) is 1. The van der Waals surface area contributed by atoms with Crippen molar-refractivity contribution in [2.24, 2.45) is 11.8 Å². The van der Waals surface area contributed by atoms with Crippen LogP contribution in [0.15, 0.2) is 48.6 Å². The van der Waals surface area contributed by atoms with Crippen molar-refractivity contribution in [3.05, 3.63) is 48.6 Å². The van der Waals surface area contributed by atoms with Gasteiger partial charge in [0.25, 0.3) is 0 Å². The lowest BCUT2D eigenvalue weighted by Crippen LogP contribution is -2.54. The smallest absolute Gasteiger partial charge is 0.311 e. The zero-order chi connectivity index (χ0) is 26.5. The zero-order valence-corrected chi connectivity index (χ0v) is 22.0. The Bertz CT molecular complexity index is 1340. The van der Waals surface area contributed by atoms with E-state index in [4.69, 9.17) is 4.74 Å². The van der Waals surface area contributed by atoms with Crippen molar-refractivity contribution in [3.63, 3.8) is 0 Å². The highest BCUT2D eigenvalue weighted by Gasteiger charge is 2.73. The van der Waals surface area contributed by atoms with E-state index in [2.05, 4.69) is 16.4 Å². The molecule has 5 heterocycles. The number of aromatic nitrogens is 3. The van der Waals surface area contributed by atoms with Gasteiger partial charge in [-0.3, -0.25) is 14.4 Å². The lowest BCUT2D eigenvalue weighted by molar-refractivity contribution is -0.154. The maximum Gasteiger partial charge on any atom is 0.311 e. The fourth-order valence-corrected chi connectivity index (χ4v) is 8.66. The fraction of sp³-hybridized carbons (Fsp3) is 0.519. The maximum atomic E-state index is 14.3. The number of carbonyl (C=O) groups is 3. The molecule has 10 nitrogen and oxygen atoms in total. The molecule has 4 aliphatic rings. The Morgan fingerprint density at radius 1 is 1.11 bits per heavy atom. The van der Waals surface area contributed by atoms with E-state index in [1.807, 2.05) is 49.4 Å². The Hall–Kier alpha value is -3.18. The van der Waals surface area contributed by atoms with E-state index in [0.717, 1.165) is 30.3 Å². The fourth-order valence-electron chi connectivity index (χ4n) is 6.50. The molecule has 1 aromatic carbocycles. The first kappa shape index (κ1) is 25.1. The number of hydrogen-bond acceptors (Lipinski definition) is 8. The van der Waals surface area contributed by atoms with Crippen LogP contribution >= 0.6 is 11.8 Å². The van der Waals surface area contributed by atoms with Gasteiger partial charge in [-0.15, -0.1) is 16.9 Å². The molecule has 38 heavy (non-hydrogen) atoms. The van der Waals surface area contributed by atoms with Crippen molar-refractivity contribution in [2.45, 2.75) is 48.4 Å². The van der Waals surface area contributed by atoms with Crippen LogP contribution in [0.2, 0.25) is 0 Å². The van der Waals surface area contributed by atoms with Gasteiger partial charge >= 0.3 is 5.97 Å². The van der Waals surface area contributed by atoms with Gasteiger partial charge in [-0.05, 0) is 38.3 Å². The van der Waals surface area contributed by atoms with Gasteiger partial charge in [0, 0.05) is 17.8 Å². The van der Waals surface area contributed by atoms with Crippen LogP contribution in [-0.2, 0) is 25.8 Å². The first-order chi connectivity index (χ1) is 18.4. The second-order valence-corrected chi connectivity index (χ2v) is 12.3. The number of nitrogens with zero attached hydrogens (tertiary/aromatic N) is 5. The molecule has 200 valence electrons. The number of aliphatic hydroxyl groups excluding tert-OH is 1. The number of cyclic esters (lactones) is 1. The number of likely N-dealkylation sites (tertiary alicyclic amines) is 1. The first-order valence-corrected chi connectivity index (χ1v) is 13.9. The van der Waals surface area contributed by atoms with Crippen LogP contribution in [0.5, 0.6) is 0 Å². The number of ether oxygens (including phenoxy) is 1. The molecule has 1 unspecified atom stereocenters. The standard InChI is InChI=1S/C27H31N5O5S/c1-26-11-6-2-3-7-16-37-25(36)21(26)20-23(34)31(14-15-33)22-24(35)30(13-8-12-27(20,22)38-26)17-32-19-10-5-4-9-18(19)28-29-32/h4-6,8-12,20-22,33H,2-3,7,13-17H2,1H3/b11-6-/t20-,21-,22?,26+,27-/m0/s1. The summed E-state index contributed by atoms with van der Waals surface area (Å²) >= 11 is 1.50. The molecule has 2 aromatic rings. The minimum atomic E-state index is -0.973. The van der Waals surface area contributed by atoms with E-state index in [9.17, 15) is 19.5 Å². The predicted molar refractivity (Wildman–Crippen MR) is 141 cm³/mol. The number of allylic oxidation sites excluding steroid dienone is 1. The molecule has 6 rings (SSSR count). The summed E-state index contributed by atoms with van der Waals surface area (Å²) in [5, 5.41) is 18.3. The minimum Gasteiger partial charge on any atom is -0.465 e. The molecule has 2 saturated heterocycles. The minimum absolute atomic E-state index is 0.0102. The summed E-state index contributed by atoms with van der Waals surface area (Å²) in [5.74, 6) is -2.46. The highest BCUT2D eigenvalue weighted by molar-refractivity contribution is 8.02. The monoisotopic (exact) mass is 537 g/mol. The number of rotatable bonds is 4. The van der Waals surface area contributed by atoms with E-state index < -0.39 is 33.3 Å². The van der Waals surface area contributed by atoms with Crippen LogP contribution < -0.4 is 0 Å². The Labute approximate surface area is 224 Å². The van der Waals surface area contributed by atoms with Crippen molar-refractivity contribution in [1.82, 2.24) is 24.8 Å². The second-order valence-electron chi connectivity index (χ2n) is 10.5. The van der Waals surface area contributed by atoms with E-state index in [0.29, 0.717) is 13.2 Å². The molecule has 11 heteroatoms. The largest absolute Gasteiger partial charge is 0.465 e. The topological polar surface area (TPSA) is 118 Å². The van der Waals surface area contributed by atoms with Crippen LogP contribution in [0.25, 0.3) is 11.0 Å². The van der Waals surface area contributed by atoms with Gasteiger partial charge in [0.15, 0.2) is 0 Å².